The van der Waals surface area contributed by atoms with Gasteiger partial charge in [-0.05, 0) is 12.1 Å². The molecular formula is C13H14N2O2S. The van der Waals surface area contributed by atoms with Crippen LogP contribution < -0.4 is 9.47 Å². The van der Waals surface area contributed by atoms with Crippen LogP contribution in [-0.4, -0.2) is 29.5 Å². The molecule has 2 heterocycles. The van der Waals surface area contributed by atoms with Crippen LogP contribution in [0.3, 0.4) is 0 Å². The third kappa shape index (κ3) is 1.84. The SMILES string of the molecule is COc1ccc(-c2cn3c(n2)SCC3)c(OC)c1. The molecule has 0 amide bonds. The van der Waals surface area contributed by atoms with Gasteiger partial charge in [0, 0.05) is 30.1 Å². The Bertz CT molecular complexity index is 559. The lowest BCUT2D eigenvalue weighted by Gasteiger charge is -2.08. The molecular weight excluding hydrogens is 248 g/mol. The molecule has 2 aromatic rings. The fourth-order valence-electron chi connectivity index (χ4n) is 2.05. The molecule has 0 atom stereocenters. The number of hydrogen-bond donors (Lipinski definition) is 0. The van der Waals surface area contributed by atoms with E-state index in [-0.39, 0.29) is 0 Å². The normalized spacial score (nSPS) is 13.4. The molecule has 0 spiro atoms. The number of hydrogen-bond acceptors (Lipinski definition) is 4. The topological polar surface area (TPSA) is 36.3 Å². The van der Waals surface area contributed by atoms with Crippen molar-refractivity contribution >= 4 is 11.8 Å². The van der Waals surface area contributed by atoms with Gasteiger partial charge in [-0.15, -0.1) is 0 Å². The second-order valence-corrected chi connectivity index (χ2v) is 5.08. The first-order chi connectivity index (χ1) is 8.81. The summed E-state index contributed by atoms with van der Waals surface area (Å²) in [5, 5.41) is 1.09. The summed E-state index contributed by atoms with van der Waals surface area (Å²) in [6.07, 6.45) is 2.08. The molecule has 0 radical (unpaired) electrons. The van der Waals surface area contributed by atoms with Gasteiger partial charge in [-0.2, -0.15) is 0 Å². The van der Waals surface area contributed by atoms with Gasteiger partial charge in [0.25, 0.3) is 0 Å². The fraction of sp³-hybridized carbons (Fsp3) is 0.308. The molecule has 0 saturated carbocycles. The second-order valence-electron chi connectivity index (χ2n) is 4.02. The van der Waals surface area contributed by atoms with Gasteiger partial charge < -0.3 is 14.0 Å². The molecule has 0 bridgehead atoms. The van der Waals surface area contributed by atoms with Crippen LogP contribution in [0.1, 0.15) is 0 Å². The maximum Gasteiger partial charge on any atom is 0.168 e. The van der Waals surface area contributed by atoms with Crippen LogP contribution in [0.15, 0.2) is 29.6 Å². The van der Waals surface area contributed by atoms with Gasteiger partial charge in [0.2, 0.25) is 0 Å². The van der Waals surface area contributed by atoms with Crippen LogP contribution in [0.4, 0.5) is 0 Å². The molecule has 5 heteroatoms. The number of aryl methyl sites for hydroxylation is 1. The highest BCUT2D eigenvalue weighted by atomic mass is 32.2. The Balaban J connectivity index is 2.04. The largest absolute Gasteiger partial charge is 0.497 e. The van der Waals surface area contributed by atoms with Crippen LogP contribution in [0.5, 0.6) is 11.5 Å². The van der Waals surface area contributed by atoms with Crippen LogP contribution in [0.25, 0.3) is 11.3 Å². The molecule has 18 heavy (non-hydrogen) atoms. The smallest absolute Gasteiger partial charge is 0.168 e. The predicted molar refractivity (Wildman–Crippen MR) is 71.5 cm³/mol. The molecule has 0 N–H and O–H groups in total. The summed E-state index contributed by atoms with van der Waals surface area (Å²) in [5.41, 5.74) is 1.96. The summed E-state index contributed by atoms with van der Waals surface area (Å²) in [6.45, 7) is 1.03. The van der Waals surface area contributed by atoms with Gasteiger partial charge in [-0.1, -0.05) is 11.8 Å². The Labute approximate surface area is 110 Å². The minimum Gasteiger partial charge on any atom is -0.497 e. The lowest BCUT2D eigenvalue weighted by Crippen LogP contribution is -1.91. The van der Waals surface area contributed by atoms with E-state index in [2.05, 4.69) is 15.7 Å². The van der Waals surface area contributed by atoms with Crippen molar-refractivity contribution in [3.8, 4) is 22.8 Å². The molecule has 0 aliphatic carbocycles. The maximum absolute atomic E-state index is 5.41. The van der Waals surface area contributed by atoms with Crippen molar-refractivity contribution in [2.75, 3.05) is 20.0 Å². The van der Waals surface area contributed by atoms with E-state index in [9.17, 15) is 0 Å². The van der Waals surface area contributed by atoms with Gasteiger partial charge in [0.1, 0.15) is 11.5 Å². The van der Waals surface area contributed by atoms with Crippen molar-refractivity contribution in [2.24, 2.45) is 0 Å². The van der Waals surface area contributed by atoms with Crippen molar-refractivity contribution < 1.29 is 9.47 Å². The second kappa shape index (κ2) is 4.57. The number of ether oxygens (including phenoxy) is 2. The first kappa shape index (κ1) is 11.5. The van der Waals surface area contributed by atoms with Gasteiger partial charge in [0.15, 0.2) is 5.16 Å². The van der Waals surface area contributed by atoms with Crippen molar-refractivity contribution in [1.29, 1.82) is 0 Å². The van der Waals surface area contributed by atoms with Crippen molar-refractivity contribution in [3.63, 3.8) is 0 Å². The van der Waals surface area contributed by atoms with Gasteiger partial charge in [-0.3, -0.25) is 0 Å². The van der Waals surface area contributed by atoms with E-state index in [4.69, 9.17) is 9.47 Å². The van der Waals surface area contributed by atoms with E-state index in [1.54, 1.807) is 26.0 Å². The molecule has 1 aromatic carbocycles. The number of imidazole rings is 1. The first-order valence-electron chi connectivity index (χ1n) is 5.74. The first-order valence-corrected chi connectivity index (χ1v) is 6.73. The summed E-state index contributed by atoms with van der Waals surface area (Å²) >= 11 is 1.79. The summed E-state index contributed by atoms with van der Waals surface area (Å²) in [6, 6.07) is 5.79. The van der Waals surface area contributed by atoms with E-state index >= 15 is 0 Å². The van der Waals surface area contributed by atoms with Crippen molar-refractivity contribution in [3.05, 3.63) is 24.4 Å². The zero-order valence-corrected chi connectivity index (χ0v) is 11.2. The summed E-state index contributed by atoms with van der Waals surface area (Å²) < 4.78 is 12.8. The Morgan fingerprint density at radius 1 is 1.28 bits per heavy atom. The van der Waals surface area contributed by atoms with E-state index in [1.807, 2.05) is 18.2 Å². The number of rotatable bonds is 3. The zero-order chi connectivity index (χ0) is 12.5. The number of nitrogens with zero attached hydrogens (tertiary/aromatic N) is 2. The molecule has 4 nitrogen and oxygen atoms in total. The van der Waals surface area contributed by atoms with E-state index < -0.39 is 0 Å². The quantitative estimate of drug-likeness (QED) is 0.852. The molecule has 0 saturated heterocycles. The number of aromatic nitrogens is 2. The number of methoxy groups -OCH3 is 2. The van der Waals surface area contributed by atoms with Gasteiger partial charge >= 0.3 is 0 Å². The molecule has 1 aliphatic heterocycles. The summed E-state index contributed by atoms with van der Waals surface area (Å²) in [7, 11) is 3.31. The van der Waals surface area contributed by atoms with Gasteiger partial charge in [-0.25, -0.2) is 4.98 Å². The minimum atomic E-state index is 0.788. The Morgan fingerprint density at radius 2 is 2.17 bits per heavy atom. The molecule has 3 rings (SSSR count). The Hall–Kier alpha value is -1.62. The molecule has 0 fully saturated rings. The predicted octanol–water partition coefficient (Wildman–Crippen LogP) is 2.67. The van der Waals surface area contributed by atoms with Crippen LogP contribution in [0, 0.1) is 0 Å². The molecule has 1 aliphatic rings. The third-order valence-electron chi connectivity index (χ3n) is 2.99. The standard InChI is InChI=1S/C13H14N2O2S/c1-16-9-3-4-10(12(7-9)17-2)11-8-15-5-6-18-13(15)14-11/h3-4,7-8H,5-6H2,1-2H3. The van der Waals surface area contributed by atoms with Crippen molar-refractivity contribution in [1.82, 2.24) is 9.55 Å². The zero-order valence-electron chi connectivity index (χ0n) is 10.3. The highest BCUT2D eigenvalue weighted by Gasteiger charge is 2.17. The monoisotopic (exact) mass is 262 g/mol. The maximum atomic E-state index is 5.41. The molecule has 1 aromatic heterocycles. The van der Waals surface area contributed by atoms with E-state index in [0.29, 0.717) is 0 Å². The minimum absolute atomic E-state index is 0.788. The van der Waals surface area contributed by atoms with Crippen LogP contribution in [-0.2, 0) is 6.54 Å². The molecule has 94 valence electrons. The van der Waals surface area contributed by atoms with E-state index in [1.165, 1.54) is 0 Å². The Kier molecular flexibility index (Phi) is 2.91. The van der Waals surface area contributed by atoms with Crippen LogP contribution in [0.2, 0.25) is 0 Å². The lowest BCUT2D eigenvalue weighted by molar-refractivity contribution is 0.395. The average Bonchev–Trinajstić information content (AvgIpc) is 2.98. The average molecular weight is 262 g/mol. The van der Waals surface area contributed by atoms with Gasteiger partial charge in [0.05, 0.1) is 19.9 Å². The van der Waals surface area contributed by atoms with Crippen LogP contribution >= 0.6 is 11.8 Å². The lowest BCUT2D eigenvalue weighted by atomic mass is 10.1. The number of benzene rings is 1. The Morgan fingerprint density at radius 3 is 2.89 bits per heavy atom. The van der Waals surface area contributed by atoms with Crippen molar-refractivity contribution in [2.45, 2.75) is 11.7 Å². The van der Waals surface area contributed by atoms with E-state index in [0.717, 1.165) is 40.2 Å². The summed E-state index contributed by atoms with van der Waals surface area (Å²) in [4.78, 5) is 4.63. The third-order valence-corrected chi connectivity index (χ3v) is 3.96. The highest BCUT2D eigenvalue weighted by molar-refractivity contribution is 7.99. The fourth-order valence-corrected chi connectivity index (χ4v) is 2.99. The number of thioether (sulfide) groups is 1. The number of fused-ring (bicyclic) bond motifs is 1. The molecule has 0 unspecified atom stereocenters. The summed E-state index contributed by atoms with van der Waals surface area (Å²) in [5.74, 6) is 2.69. The highest BCUT2D eigenvalue weighted by Crippen LogP contribution is 2.35.